The second-order valence-electron chi connectivity index (χ2n) is 6.71. The van der Waals surface area contributed by atoms with Crippen LogP contribution in [0.15, 0.2) is 66.1 Å². The van der Waals surface area contributed by atoms with Crippen LogP contribution >= 0.6 is 0 Å². The van der Waals surface area contributed by atoms with Gasteiger partial charge < -0.3 is 10.2 Å². The van der Waals surface area contributed by atoms with E-state index in [1.807, 2.05) is 7.05 Å². The van der Waals surface area contributed by atoms with Gasteiger partial charge in [-0.2, -0.15) is 0 Å². The molecule has 3 unspecified atom stereocenters. The smallest absolute Gasteiger partial charge is 0.0511 e. The predicted molar refractivity (Wildman–Crippen MR) is 107 cm³/mol. The third-order valence-corrected chi connectivity index (χ3v) is 4.85. The van der Waals surface area contributed by atoms with Crippen molar-refractivity contribution in [3.05, 3.63) is 66.1 Å². The quantitative estimate of drug-likeness (QED) is 0.474. The Balaban J connectivity index is 3.07. The molecule has 0 spiro atoms. The molecule has 1 aliphatic carbocycles. The Labute approximate surface area is 149 Å². The van der Waals surface area contributed by atoms with E-state index in [0.29, 0.717) is 12.0 Å². The van der Waals surface area contributed by atoms with Gasteiger partial charge in [0.15, 0.2) is 0 Å². The lowest BCUT2D eigenvalue weighted by Gasteiger charge is -2.36. The molecule has 132 valence electrons. The van der Waals surface area contributed by atoms with Crippen LogP contribution in [0.2, 0.25) is 0 Å². The second-order valence-corrected chi connectivity index (χ2v) is 6.71. The van der Waals surface area contributed by atoms with E-state index >= 15 is 0 Å². The Hall–Kier alpha value is -1.76. The number of nitrogens with zero attached hydrogens (tertiary/aromatic N) is 1. The first-order chi connectivity index (χ1) is 11.4. The second kappa shape index (κ2) is 10.2. The topological polar surface area (TPSA) is 15.3 Å². The normalized spacial score (nSPS) is 22.7. The van der Waals surface area contributed by atoms with Crippen LogP contribution in [0.1, 0.15) is 40.5 Å². The zero-order chi connectivity index (χ0) is 18.1. The largest absolute Gasteiger partial charge is 0.367 e. The van der Waals surface area contributed by atoms with Gasteiger partial charge >= 0.3 is 0 Å². The number of hydrogen-bond acceptors (Lipinski definition) is 2. The highest BCUT2D eigenvalue weighted by Gasteiger charge is 2.22. The Morgan fingerprint density at radius 2 is 2.08 bits per heavy atom. The number of nitrogens with one attached hydrogen (secondary N) is 1. The summed E-state index contributed by atoms with van der Waals surface area (Å²) >= 11 is 0. The van der Waals surface area contributed by atoms with E-state index in [9.17, 15) is 0 Å². The van der Waals surface area contributed by atoms with Crippen molar-refractivity contribution in [2.24, 2.45) is 5.92 Å². The Morgan fingerprint density at radius 3 is 2.67 bits per heavy atom. The monoisotopic (exact) mass is 326 g/mol. The fraction of sp³-hybridized carbons (Fsp3) is 0.500. The molecule has 0 radical (unpaired) electrons. The van der Waals surface area contributed by atoms with Gasteiger partial charge in [0, 0.05) is 24.4 Å². The lowest BCUT2D eigenvalue weighted by Crippen LogP contribution is -2.38. The van der Waals surface area contributed by atoms with Crippen molar-refractivity contribution < 1.29 is 0 Å². The van der Waals surface area contributed by atoms with Crippen molar-refractivity contribution in [1.82, 2.24) is 10.2 Å². The minimum Gasteiger partial charge on any atom is -0.367 e. The van der Waals surface area contributed by atoms with Gasteiger partial charge in [-0.25, -0.2) is 0 Å². The van der Waals surface area contributed by atoms with Crippen LogP contribution in [0.4, 0.5) is 0 Å². The molecule has 0 bridgehead atoms. The van der Waals surface area contributed by atoms with E-state index in [2.05, 4.69) is 87.2 Å². The molecule has 0 amide bonds. The SMILES string of the molecule is C=C(C)CCN(/C1=C/C=C\C(NC)C=C=C1)C(C)C(C)C(=C)CC. The molecular formula is C22H34N2. The molecule has 2 heteroatoms. The molecule has 1 N–H and O–H groups in total. The minimum atomic E-state index is 0.235. The van der Waals surface area contributed by atoms with Crippen molar-refractivity contribution in [2.45, 2.75) is 52.6 Å². The first-order valence-corrected chi connectivity index (χ1v) is 8.97. The molecule has 24 heavy (non-hydrogen) atoms. The summed E-state index contributed by atoms with van der Waals surface area (Å²) in [5, 5.41) is 3.23. The molecule has 1 rings (SSSR count). The average molecular weight is 327 g/mol. The van der Waals surface area contributed by atoms with Gasteiger partial charge in [0.05, 0.1) is 6.04 Å². The zero-order valence-electron chi connectivity index (χ0n) is 16.1. The Kier molecular flexibility index (Phi) is 8.60. The summed E-state index contributed by atoms with van der Waals surface area (Å²) in [6.45, 7) is 18.1. The van der Waals surface area contributed by atoms with Gasteiger partial charge in [-0.1, -0.05) is 43.7 Å². The third kappa shape index (κ3) is 6.03. The summed E-state index contributed by atoms with van der Waals surface area (Å²) in [5.74, 6) is 0.442. The molecule has 0 saturated heterocycles. The zero-order valence-corrected chi connectivity index (χ0v) is 16.1. The van der Waals surface area contributed by atoms with E-state index in [0.717, 1.165) is 19.4 Å². The maximum Gasteiger partial charge on any atom is 0.0511 e. The van der Waals surface area contributed by atoms with Crippen LogP contribution in [0, 0.1) is 5.92 Å². The fourth-order valence-corrected chi connectivity index (χ4v) is 2.79. The van der Waals surface area contributed by atoms with Gasteiger partial charge in [0.2, 0.25) is 0 Å². The predicted octanol–water partition coefficient (Wildman–Crippen LogP) is 5.00. The molecule has 2 nitrogen and oxygen atoms in total. The average Bonchev–Trinajstić information content (AvgIpc) is 2.54. The molecule has 0 fully saturated rings. The summed E-state index contributed by atoms with van der Waals surface area (Å²) in [6, 6.07) is 0.619. The summed E-state index contributed by atoms with van der Waals surface area (Å²) in [5.41, 5.74) is 7.04. The van der Waals surface area contributed by atoms with Crippen molar-refractivity contribution in [3.63, 3.8) is 0 Å². The van der Waals surface area contributed by atoms with Crippen molar-refractivity contribution >= 4 is 0 Å². The van der Waals surface area contributed by atoms with E-state index in [1.54, 1.807) is 0 Å². The number of hydrogen-bond donors (Lipinski definition) is 1. The molecule has 1 aliphatic rings. The molecule has 3 atom stereocenters. The van der Waals surface area contributed by atoms with Gasteiger partial charge in [-0.15, -0.1) is 12.3 Å². The number of rotatable bonds is 9. The molecule has 0 aromatic heterocycles. The van der Waals surface area contributed by atoms with Gasteiger partial charge in [0.1, 0.15) is 0 Å². The van der Waals surface area contributed by atoms with Crippen molar-refractivity contribution in [3.8, 4) is 0 Å². The van der Waals surface area contributed by atoms with Crippen LogP contribution in [-0.2, 0) is 0 Å². The van der Waals surface area contributed by atoms with Crippen LogP contribution < -0.4 is 5.32 Å². The maximum atomic E-state index is 4.25. The first-order valence-electron chi connectivity index (χ1n) is 8.97. The van der Waals surface area contributed by atoms with Crippen LogP contribution in [0.3, 0.4) is 0 Å². The highest BCUT2D eigenvalue weighted by atomic mass is 15.2. The van der Waals surface area contributed by atoms with Crippen LogP contribution in [0.25, 0.3) is 0 Å². The fourth-order valence-electron chi connectivity index (χ4n) is 2.79. The standard InChI is InChI=1S/C22H34N2/c1-8-18(4)19(5)20(6)24(16-15-17(2)3)22-13-9-11-21(23-7)12-10-14-22/h9,11-14,19-21,23H,2,4,8,15-16H2,1,3,5-7H3/b11-9-,22-13+. The van der Waals surface area contributed by atoms with E-state index in [-0.39, 0.29) is 6.04 Å². The number of allylic oxidation sites excluding steroid dienone is 3. The summed E-state index contributed by atoms with van der Waals surface area (Å²) in [6.07, 6.45) is 12.6. The van der Waals surface area contributed by atoms with Gasteiger partial charge in [-0.05, 0) is 51.8 Å². The van der Waals surface area contributed by atoms with E-state index < -0.39 is 0 Å². The van der Waals surface area contributed by atoms with Crippen molar-refractivity contribution in [2.75, 3.05) is 13.6 Å². The van der Waals surface area contributed by atoms with Gasteiger partial charge in [0.25, 0.3) is 0 Å². The molecule has 0 aromatic rings. The lowest BCUT2D eigenvalue weighted by atomic mass is 9.91. The highest BCUT2D eigenvalue weighted by molar-refractivity contribution is 5.28. The summed E-state index contributed by atoms with van der Waals surface area (Å²) < 4.78 is 0. The molecule has 0 aromatic carbocycles. The highest BCUT2D eigenvalue weighted by Crippen LogP contribution is 2.25. The van der Waals surface area contributed by atoms with Gasteiger partial charge in [-0.3, -0.25) is 0 Å². The molecule has 0 saturated carbocycles. The summed E-state index contributed by atoms with van der Waals surface area (Å²) in [4.78, 5) is 2.46. The Bertz CT molecular complexity index is 559. The minimum absolute atomic E-state index is 0.235. The van der Waals surface area contributed by atoms with E-state index in [1.165, 1.54) is 16.8 Å². The lowest BCUT2D eigenvalue weighted by molar-refractivity contribution is 0.232. The molecule has 0 aliphatic heterocycles. The third-order valence-electron chi connectivity index (χ3n) is 4.85. The maximum absolute atomic E-state index is 4.25. The Morgan fingerprint density at radius 1 is 1.38 bits per heavy atom. The van der Waals surface area contributed by atoms with Crippen LogP contribution in [0.5, 0.6) is 0 Å². The van der Waals surface area contributed by atoms with Crippen molar-refractivity contribution in [1.29, 1.82) is 0 Å². The molecule has 0 heterocycles. The first kappa shape index (κ1) is 20.3. The van der Waals surface area contributed by atoms with E-state index in [4.69, 9.17) is 0 Å². The summed E-state index contributed by atoms with van der Waals surface area (Å²) in [7, 11) is 1.96. The van der Waals surface area contributed by atoms with Crippen LogP contribution in [-0.4, -0.2) is 30.6 Å². The molecular weight excluding hydrogens is 292 g/mol. The number of likely N-dealkylation sites (N-methyl/N-ethyl adjacent to an activating group) is 1.